The Morgan fingerprint density at radius 2 is 2.30 bits per heavy atom. The van der Waals surface area contributed by atoms with Gasteiger partial charge in [-0.2, -0.15) is 0 Å². The van der Waals surface area contributed by atoms with Crippen LogP contribution in [0.4, 0.5) is 0 Å². The molecule has 0 bridgehead atoms. The summed E-state index contributed by atoms with van der Waals surface area (Å²) in [6.45, 7) is 5.25. The SMILES string of the molecule is C=C(Cl)C=CN/C=C(/C)N. The van der Waals surface area contributed by atoms with Crippen molar-refractivity contribution < 1.29 is 0 Å². The minimum atomic E-state index is 0.482. The lowest BCUT2D eigenvalue weighted by atomic mass is 10.5. The first-order chi connectivity index (χ1) is 4.63. The van der Waals surface area contributed by atoms with Gasteiger partial charge in [0.2, 0.25) is 0 Å². The van der Waals surface area contributed by atoms with Gasteiger partial charge in [0.05, 0.1) is 0 Å². The second-order valence-electron chi connectivity index (χ2n) is 1.84. The summed E-state index contributed by atoms with van der Waals surface area (Å²) in [6, 6.07) is 0. The minimum Gasteiger partial charge on any atom is -0.401 e. The number of rotatable bonds is 3. The summed E-state index contributed by atoms with van der Waals surface area (Å²) in [6.07, 6.45) is 4.96. The maximum Gasteiger partial charge on any atom is 0.0348 e. The van der Waals surface area contributed by atoms with E-state index in [1.807, 2.05) is 0 Å². The molecule has 0 aliphatic heterocycles. The molecule has 3 heteroatoms. The first-order valence-electron chi connectivity index (χ1n) is 2.82. The first kappa shape index (κ1) is 9.11. The maximum atomic E-state index is 5.42. The number of nitrogens with two attached hydrogens (primary N) is 1. The van der Waals surface area contributed by atoms with Gasteiger partial charge in [0.1, 0.15) is 0 Å². The maximum absolute atomic E-state index is 5.42. The number of nitrogens with one attached hydrogen (secondary N) is 1. The Bertz CT molecular complexity index is 166. The summed E-state index contributed by atoms with van der Waals surface area (Å²) in [5.74, 6) is 0. The van der Waals surface area contributed by atoms with E-state index in [4.69, 9.17) is 17.3 Å². The summed E-state index contributed by atoms with van der Waals surface area (Å²) in [4.78, 5) is 0. The molecule has 0 aliphatic carbocycles. The molecule has 56 valence electrons. The molecule has 10 heavy (non-hydrogen) atoms. The fourth-order valence-electron chi connectivity index (χ4n) is 0.318. The second kappa shape index (κ2) is 4.94. The van der Waals surface area contributed by atoms with Crippen molar-refractivity contribution in [2.45, 2.75) is 6.92 Å². The summed E-state index contributed by atoms with van der Waals surface area (Å²) >= 11 is 5.42. The van der Waals surface area contributed by atoms with Crippen LogP contribution in [0, 0.1) is 0 Å². The lowest BCUT2D eigenvalue weighted by molar-refractivity contribution is 1.13. The van der Waals surface area contributed by atoms with E-state index in [1.54, 1.807) is 25.4 Å². The third-order valence-corrected chi connectivity index (χ3v) is 0.797. The predicted octanol–water partition coefficient (Wildman–Crippen LogP) is 1.66. The van der Waals surface area contributed by atoms with Gasteiger partial charge >= 0.3 is 0 Å². The predicted molar refractivity (Wildman–Crippen MR) is 45.2 cm³/mol. The molecule has 0 aliphatic rings. The lowest BCUT2D eigenvalue weighted by Gasteiger charge is -1.90. The van der Waals surface area contributed by atoms with Crippen LogP contribution in [-0.2, 0) is 0 Å². The molecule has 0 aromatic rings. The number of allylic oxidation sites excluding steroid dienone is 3. The van der Waals surface area contributed by atoms with Gasteiger partial charge in [0.15, 0.2) is 0 Å². The van der Waals surface area contributed by atoms with Crippen LogP contribution < -0.4 is 11.1 Å². The Kier molecular flexibility index (Phi) is 4.50. The van der Waals surface area contributed by atoms with E-state index in [-0.39, 0.29) is 0 Å². The second-order valence-corrected chi connectivity index (χ2v) is 2.32. The Labute approximate surface area is 66.1 Å². The van der Waals surface area contributed by atoms with Crippen LogP contribution in [0.5, 0.6) is 0 Å². The first-order valence-corrected chi connectivity index (χ1v) is 3.20. The quantitative estimate of drug-likeness (QED) is 0.614. The van der Waals surface area contributed by atoms with Gasteiger partial charge in [-0.1, -0.05) is 18.2 Å². The highest BCUT2D eigenvalue weighted by Gasteiger charge is 1.74. The molecular formula is C7H11ClN2. The van der Waals surface area contributed by atoms with Crippen LogP contribution in [0.1, 0.15) is 6.92 Å². The normalized spacial score (nSPS) is 12.0. The lowest BCUT2D eigenvalue weighted by Crippen LogP contribution is -1.99. The molecule has 3 N–H and O–H groups in total. The molecule has 2 nitrogen and oxygen atoms in total. The number of hydrogen-bond donors (Lipinski definition) is 2. The third kappa shape index (κ3) is 7.11. The topological polar surface area (TPSA) is 38.0 Å². The number of hydrogen-bond acceptors (Lipinski definition) is 2. The van der Waals surface area contributed by atoms with Gasteiger partial charge in [0.25, 0.3) is 0 Å². The molecule has 0 heterocycles. The van der Waals surface area contributed by atoms with Crippen molar-refractivity contribution in [3.8, 4) is 0 Å². The van der Waals surface area contributed by atoms with Crippen LogP contribution >= 0.6 is 11.6 Å². The van der Waals surface area contributed by atoms with Crippen LogP contribution in [0.25, 0.3) is 0 Å². The highest BCUT2D eigenvalue weighted by Crippen LogP contribution is 1.95. The fourth-order valence-corrected chi connectivity index (χ4v) is 0.381. The Morgan fingerprint density at radius 3 is 2.70 bits per heavy atom. The van der Waals surface area contributed by atoms with Crippen LogP contribution in [0.2, 0.25) is 0 Å². The van der Waals surface area contributed by atoms with Crippen molar-refractivity contribution in [2.75, 3.05) is 0 Å². The molecule has 0 radical (unpaired) electrons. The summed E-state index contributed by atoms with van der Waals surface area (Å²) in [7, 11) is 0. The van der Waals surface area contributed by atoms with Crippen LogP contribution in [-0.4, -0.2) is 0 Å². The third-order valence-electron chi connectivity index (χ3n) is 0.671. The minimum absolute atomic E-state index is 0.482. The monoisotopic (exact) mass is 158 g/mol. The van der Waals surface area contributed by atoms with Crippen molar-refractivity contribution >= 4 is 11.6 Å². The summed E-state index contributed by atoms with van der Waals surface area (Å²) < 4.78 is 0. The zero-order valence-corrected chi connectivity index (χ0v) is 6.65. The molecule has 0 spiro atoms. The molecule has 0 rings (SSSR count). The summed E-state index contributed by atoms with van der Waals surface area (Å²) in [5.41, 5.74) is 6.03. The number of halogens is 1. The van der Waals surface area contributed by atoms with Gasteiger partial charge in [-0.25, -0.2) is 0 Å². The highest BCUT2D eigenvalue weighted by molar-refractivity contribution is 6.30. The molecule has 0 amide bonds. The molecular weight excluding hydrogens is 148 g/mol. The van der Waals surface area contributed by atoms with Crippen molar-refractivity contribution in [1.82, 2.24) is 5.32 Å². The van der Waals surface area contributed by atoms with E-state index in [1.165, 1.54) is 0 Å². The largest absolute Gasteiger partial charge is 0.401 e. The zero-order chi connectivity index (χ0) is 7.98. The van der Waals surface area contributed by atoms with Crippen molar-refractivity contribution in [3.05, 3.63) is 35.8 Å². The van der Waals surface area contributed by atoms with Crippen molar-refractivity contribution in [2.24, 2.45) is 5.73 Å². The molecule has 0 saturated heterocycles. The Hall–Kier alpha value is -0.890. The zero-order valence-electron chi connectivity index (χ0n) is 5.89. The summed E-state index contributed by atoms with van der Waals surface area (Å²) in [5, 5.41) is 3.29. The van der Waals surface area contributed by atoms with Crippen LogP contribution in [0.3, 0.4) is 0 Å². The van der Waals surface area contributed by atoms with E-state index in [0.29, 0.717) is 10.7 Å². The van der Waals surface area contributed by atoms with E-state index in [9.17, 15) is 0 Å². The molecule has 0 unspecified atom stereocenters. The van der Waals surface area contributed by atoms with E-state index in [0.717, 1.165) is 0 Å². The van der Waals surface area contributed by atoms with E-state index >= 15 is 0 Å². The fraction of sp³-hybridized carbons (Fsp3) is 0.143. The van der Waals surface area contributed by atoms with Gasteiger partial charge in [-0.15, -0.1) is 0 Å². The van der Waals surface area contributed by atoms with Gasteiger partial charge in [0, 0.05) is 23.1 Å². The smallest absolute Gasteiger partial charge is 0.0348 e. The molecule has 0 aromatic carbocycles. The molecule has 0 saturated carbocycles. The van der Waals surface area contributed by atoms with Crippen LogP contribution in [0.15, 0.2) is 35.8 Å². The standard InChI is InChI=1S/C7H11ClN2/c1-6(8)3-4-10-5-7(2)9/h3-5,10H,1,9H2,2H3/b4-3?,7-5-. The van der Waals surface area contributed by atoms with Crippen molar-refractivity contribution in [1.29, 1.82) is 0 Å². The Morgan fingerprint density at radius 1 is 1.70 bits per heavy atom. The van der Waals surface area contributed by atoms with E-state index < -0.39 is 0 Å². The highest BCUT2D eigenvalue weighted by atomic mass is 35.5. The van der Waals surface area contributed by atoms with Crippen molar-refractivity contribution in [3.63, 3.8) is 0 Å². The average molecular weight is 159 g/mol. The van der Waals surface area contributed by atoms with Gasteiger partial charge in [-0.05, 0) is 13.0 Å². The molecule has 0 aromatic heterocycles. The van der Waals surface area contributed by atoms with E-state index in [2.05, 4.69) is 11.9 Å². The molecule has 0 fully saturated rings. The average Bonchev–Trinajstić information content (AvgIpc) is 1.79. The Balaban J connectivity index is 3.55. The molecule has 0 atom stereocenters. The van der Waals surface area contributed by atoms with Gasteiger partial charge in [-0.3, -0.25) is 0 Å². The van der Waals surface area contributed by atoms with Gasteiger partial charge < -0.3 is 11.1 Å².